The predicted octanol–water partition coefficient (Wildman–Crippen LogP) is 1.31. The summed E-state index contributed by atoms with van der Waals surface area (Å²) in [6.07, 6.45) is 2.36. The molecule has 122 valence electrons. The average molecular weight is 326 g/mol. The van der Waals surface area contributed by atoms with Crippen LogP contribution in [0.15, 0.2) is 24.3 Å². The number of carbonyl (C=O) groups excluding carboxylic acids is 1. The molecule has 0 radical (unpaired) electrons. The molecule has 2 aliphatic rings. The van der Waals surface area contributed by atoms with E-state index in [9.17, 15) is 4.79 Å². The number of halogens is 1. The van der Waals surface area contributed by atoms with Crippen LogP contribution in [0.5, 0.6) is 0 Å². The Labute approximate surface area is 137 Å². The van der Waals surface area contributed by atoms with Crippen molar-refractivity contribution in [2.24, 2.45) is 0 Å². The number of fused-ring (bicyclic) bond motifs is 1. The number of benzene rings is 1. The highest BCUT2D eigenvalue weighted by atomic mass is 35.5. The molecule has 1 fully saturated rings. The van der Waals surface area contributed by atoms with Crippen molar-refractivity contribution >= 4 is 24.0 Å². The van der Waals surface area contributed by atoms with Crippen molar-refractivity contribution in [1.82, 2.24) is 10.6 Å². The highest BCUT2D eigenvalue weighted by Gasteiger charge is 2.19. The number of ether oxygens (including phenoxy) is 1. The van der Waals surface area contributed by atoms with Crippen LogP contribution >= 0.6 is 12.4 Å². The molecule has 1 atom stereocenters. The summed E-state index contributed by atoms with van der Waals surface area (Å²) < 4.78 is 5.53. The van der Waals surface area contributed by atoms with Crippen molar-refractivity contribution in [3.05, 3.63) is 29.8 Å². The number of hydrogen-bond acceptors (Lipinski definition) is 4. The summed E-state index contributed by atoms with van der Waals surface area (Å²) in [4.78, 5) is 14.3. The predicted molar refractivity (Wildman–Crippen MR) is 89.6 cm³/mol. The topological polar surface area (TPSA) is 53.6 Å². The summed E-state index contributed by atoms with van der Waals surface area (Å²) in [5.74, 6) is 0.0715. The lowest BCUT2D eigenvalue weighted by molar-refractivity contribution is -0.120. The Hall–Kier alpha value is -1.30. The van der Waals surface area contributed by atoms with Gasteiger partial charge in [-0.3, -0.25) is 4.79 Å². The van der Waals surface area contributed by atoms with Gasteiger partial charge >= 0.3 is 0 Å². The van der Waals surface area contributed by atoms with Crippen molar-refractivity contribution in [3.63, 3.8) is 0 Å². The van der Waals surface area contributed by atoms with Gasteiger partial charge in [-0.05, 0) is 24.5 Å². The first-order chi connectivity index (χ1) is 10.3. The van der Waals surface area contributed by atoms with Crippen LogP contribution in [0.3, 0.4) is 0 Å². The van der Waals surface area contributed by atoms with Crippen LogP contribution in [0.2, 0.25) is 0 Å². The maximum Gasteiger partial charge on any atom is 0.239 e. The van der Waals surface area contributed by atoms with E-state index in [1.54, 1.807) is 0 Å². The molecule has 1 saturated heterocycles. The largest absolute Gasteiger partial charge is 0.376 e. The fourth-order valence-corrected chi connectivity index (χ4v) is 2.95. The van der Waals surface area contributed by atoms with E-state index in [2.05, 4.69) is 27.7 Å². The molecule has 2 aliphatic heterocycles. The minimum absolute atomic E-state index is 0. The molecule has 0 saturated carbocycles. The standard InChI is InChI=1S/C16H23N3O2.ClH/c20-16(18-11-14-5-3-9-21-14)12-19-8-7-17-10-13-4-1-2-6-15(13)19;/h1-2,4,6,14,17H,3,5,7-12H2,(H,18,20);1H. The summed E-state index contributed by atoms with van der Waals surface area (Å²) in [5, 5.41) is 6.39. The average Bonchev–Trinajstić information content (AvgIpc) is 2.94. The summed E-state index contributed by atoms with van der Waals surface area (Å²) in [6.45, 7) is 4.48. The summed E-state index contributed by atoms with van der Waals surface area (Å²) >= 11 is 0. The molecule has 2 heterocycles. The first-order valence-corrected chi connectivity index (χ1v) is 7.75. The van der Waals surface area contributed by atoms with Crippen LogP contribution in [-0.2, 0) is 16.1 Å². The number of nitrogens with zero attached hydrogens (tertiary/aromatic N) is 1. The molecule has 2 N–H and O–H groups in total. The Morgan fingerprint density at radius 3 is 3.09 bits per heavy atom. The number of rotatable bonds is 4. The second kappa shape index (κ2) is 8.36. The first kappa shape index (κ1) is 17.1. The fourth-order valence-electron chi connectivity index (χ4n) is 2.95. The lowest BCUT2D eigenvalue weighted by Crippen LogP contribution is -2.41. The number of para-hydroxylation sites is 1. The zero-order valence-corrected chi connectivity index (χ0v) is 13.5. The van der Waals surface area contributed by atoms with Gasteiger partial charge in [0.1, 0.15) is 0 Å². The molecule has 1 amide bonds. The summed E-state index contributed by atoms with van der Waals surface area (Å²) in [7, 11) is 0. The molecule has 1 aromatic rings. The van der Waals surface area contributed by atoms with Crippen molar-refractivity contribution in [1.29, 1.82) is 0 Å². The van der Waals surface area contributed by atoms with Crippen LogP contribution in [0, 0.1) is 0 Å². The van der Waals surface area contributed by atoms with Gasteiger partial charge in [-0.25, -0.2) is 0 Å². The molecule has 1 aromatic carbocycles. The molecular weight excluding hydrogens is 302 g/mol. The van der Waals surface area contributed by atoms with Gasteiger partial charge in [0.2, 0.25) is 5.91 Å². The van der Waals surface area contributed by atoms with Gasteiger partial charge in [0.15, 0.2) is 0 Å². The maximum atomic E-state index is 12.2. The Bertz CT molecular complexity index is 492. The summed E-state index contributed by atoms with van der Waals surface area (Å²) in [5.41, 5.74) is 2.41. The quantitative estimate of drug-likeness (QED) is 0.876. The van der Waals surface area contributed by atoms with Crippen molar-refractivity contribution in [2.75, 3.05) is 37.7 Å². The molecule has 0 spiro atoms. The Morgan fingerprint density at radius 1 is 1.41 bits per heavy atom. The molecule has 0 aliphatic carbocycles. The van der Waals surface area contributed by atoms with E-state index in [1.807, 2.05) is 12.1 Å². The first-order valence-electron chi connectivity index (χ1n) is 7.75. The van der Waals surface area contributed by atoms with Crippen LogP contribution < -0.4 is 15.5 Å². The Morgan fingerprint density at radius 2 is 2.27 bits per heavy atom. The second-order valence-electron chi connectivity index (χ2n) is 5.67. The van der Waals surface area contributed by atoms with E-state index < -0.39 is 0 Å². The SMILES string of the molecule is Cl.O=C(CN1CCNCc2ccccc21)NCC1CCCO1. The fraction of sp³-hybridized carbons (Fsp3) is 0.562. The van der Waals surface area contributed by atoms with E-state index in [1.165, 1.54) is 5.56 Å². The third-order valence-electron chi connectivity index (χ3n) is 4.09. The minimum Gasteiger partial charge on any atom is -0.376 e. The number of amides is 1. The zero-order valence-electron chi connectivity index (χ0n) is 12.7. The molecular formula is C16H24ClN3O2. The Kier molecular flexibility index (Phi) is 6.49. The summed E-state index contributed by atoms with van der Waals surface area (Å²) in [6, 6.07) is 8.28. The van der Waals surface area contributed by atoms with Crippen molar-refractivity contribution < 1.29 is 9.53 Å². The van der Waals surface area contributed by atoms with E-state index in [0.29, 0.717) is 13.1 Å². The van der Waals surface area contributed by atoms with E-state index >= 15 is 0 Å². The highest BCUT2D eigenvalue weighted by molar-refractivity contribution is 5.85. The highest BCUT2D eigenvalue weighted by Crippen LogP contribution is 2.21. The van der Waals surface area contributed by atoms with Gasteiger partial charge in [-0.2, -0.15) is 0 Å². The number of carbonyl (C=O) groups is 1. The van der Waals surface area contributed by atoms with Gasteiger partial charge in [0.25, 0.3) is 0 Å². The third-order valence-corrected chi connectivity index (χ3v) is 4.09. The van der Waals surface area contributed by atoms with Crippen molar-refractivity contribution in [3.8, 4) is 0 Å². The van der Waals surface area contributed by atoms with Gasteiger partial charge in [0.05, 0.1) is 12.6 Å². The van der Waals surface area contributed by atoms with Gasteiger partial charge < -0.3 is 20.3 Å². The van der Waals surface area contributed by atoms with E-state index in [4.69, 9.17) is 4.74 Å². The number of anilines is 1. The monoisotopic (exact) mass is 325 g/mol. The van der Waals surface area contributed by atoms with Gasteiger partial charge in [0, 0.05) is 38.5 Å². The molecule has 0 aromatic heterocycles. The maximum absolute atomic E-state index is 12.2. The molecule has 3 rings (SSSR count). The van der Waals surface area contributed by atoms with Crippen LogP contribution in [0.1, 0.15) is 18.4 Å². The Balaban J connectivity index is 0.00000176. The second-order valence-corrected chi connectivity index (χ2v) is 5.67. The molecule has 1 unspecified atom stereocenters. The van der Waals surface area contributed by atoms with E-state index in [-0.39, 0.29) is 24.4 Å². The lowest BCUT2D eigenvalue weighted by Gasteiger charge is -2.24. The van der Waals surface area contributed by atoms with Crippen molar-refractivity contribution in [2.45, 2.75) is 25.5 Å². The van der Waals surface area contributed by atoms with Gasteiger partial charge in [-0.15, -0.1) is 12.4 Å². The van der Waals surface area contributed by atoms with Crippen LogP contribution in [-0.4, -0.2) is 44.8 Å². The molecule has 0 bridgehead atoms. The zero-order chi connectivity index (χ0) is 14.5. The lowest BCUT2D eigenvalue weighted by atomic mass is 10.1. The van der Waals surface area contributed by atoms with Crippen LogP contribution in [0.25, 0.3) is 0 Å². The number of nitrogens with one attached hydrogen (secondary N) is 2. The number of hydrogen-bond donors (Lipinski definition) is 2. The molecule has 22 heavy (non-hydrogen) atoms. The minimum atomic E-state index is 0. The molecule has 6 heteroatoms. The van der Waals surface area contributed by atoms with Crippen LogP contribution in [0.4, 0.5) is 5.69 Å². The van der Waals surface area contributed by atoms with Gasteiger partial charge in [-0.1, -0.05) is 18.2 Å². The normalized spacial score (nSPS) is 20.7. The smallest absolute Gasteiger partial charge is 0.239 e. The third kappa shape index (κ3) is 4.35. The van der Waals surface area contributed by atoms with E-state index in [0.717, 1.165) is 44.8 Å². The molecule has 5 nitrogen and oxygen atoms in total.